The molecule has 0 aliphatic carbocycles. The van der Waals surface area contributed by atoms with Crippen molar-refractivity contribution in [2.75, 3.05) is 49.9 Å². The first-order valence-corrected chi connectivity index (χ1v) is 7.39. The van der Waals surface area contributed by atoms with Gasteiger partial charge in [0.15, 0.2) is 0 Å². The highest BCUT2D eigenvalue weighted by Gasteiger charge is 2.15. The van der Waals surface area contributed by atoms with Crippen molar-refractivity contribution < 1.29 is 13.9 Å². The standard InChI is InChI=1S/C16H25FN2O2/c1-16(2,3)11-18-14-5-4-13(10-15(14)21-12-17)19-6-8-20-9-7-19/h4-5,10,18H,6-9,11-12H2,1-3H3. The summed E-state index contributed by atoms with van der Waals surface area (Å²) in [6.45, 7) is 9.58. The molecule has 1 fully saturated rings. The molecular weight excluding hydrogens is 271 g/mol. The van der Waals surface area contributed by atoms with E-state index in [9.17, 15) is 4.39 Å². The predicted octanol–water partition coefficient (Wildman–Crippen LogP) is 3.29. The van der Waals surface area contributed by atoms with Gasteiger partial charge in [-0.1, -0.05) is 20.8 Å². The van der Waals surface area contributed by atoms with Gasteiger partial charge in [-0.2, -0.15) is 0 Å². The van der Waals surface area contributed by atoms with Gasteiger partial charge < -0.3 is 19.7 Å². The first-order chi connectivity index (χ1) is 9.99. The van der Waals surface area contributed by atoms with Crippen LogP contribution in [0.4, 0.5) is 15.8 Å². The molecule has 1 heterocycles. The van der Waals surface area contributed by atoms with Gasteiger partial charge >= 0.3 is 0 Å². The molecule has 1 aliphatic rings. The normalized spacial score (nSPS) is 15.9. The summed E-state index contributed by atoms with van der Waals surface area (Å²) in [6, 6.07) is 5.90. The van der Waals surface area contributed by atoms with Crippen LogP contribution in [-0.2, 0) is 4.74 Å². The zero-order valence-corrected chi connectivity index (χ0v) is 13.1. The minimum atomic E-state index is -0.823. The molecule has 0 bridgehead atoms. The van der Waals surface area contributed by atoms with Crippen LogP contribution < -0.4 is 15.0 Å². The maximum atomic E-state index is 12.6. The van der Waals surface area contributed by atoms with Crippen molar-refractivity contribution in [2.45, 2.75) is 20.8 Å². The van der Waals surface area contributed by atoms with E-state index in [0.717, 1.165) is 44.2 Å². The SMILES string of the molecule is CC(C)(C)CNc1ccc(N2CCOCC2)cc1OCF. The average Bonchev–Trinajstić information content (AvgIpc) is 2.46. The van der Waals surface area contributed by atoms with Crippen molar-refractivity contribution >= 4 is 11.4 Å². The summed E-state index contributed by atoms with van der Waals surface area (Å²) in [5.41, 5.74) is 2.03. The van der Waals surface area contributed by atoms with Gasteiger partial charge in [-0.25, -0.2) is 4.39 Å². The zero-order valence-electron chi connectivity index (χ0n) is 13.1. The Bertz CT molecular complexity index is 454. The van der Waals surface area contributed by atoms with Gasteiger partial charge in [-0.3, -0.25) is 0 Å². The van der Waals surface area contributed by atoms with E-state index >= 15 is 0 Å². The second kappa shape index (κ2) is 6.98. The van der Waals surface area contributed by atoms with E-state index in [2.05, 4.69) is 31.0 Å². The molecule has 0 spiro atoms. The van der Waals surface area contributed by atoms with Crippen molar-refractivity contribution in [3.8, 4) is 5.75 Å². The minimum absolute atomic E-state index is 0.149. The van der Waals surface area contributed by atoms with E-state index in [-0.39, 0.29) is 5.41 Å². The summed E-state index contributed by atoms with van der Waals surface area (Å²) in [5.74, 6) is 0.561. The number of anilines is 2. The lowest BCUT2D eigenvalue weighted by atomic mass is 9.97. The Balaban J connectivity index is 2.13. The first-order valence-electron chi connectivity index (χ1n) is 7.39. The summed E-state index contributed by atoms with van der Waals surface area (Å²) in [5, 5.41) is 3.33. The molecule has 0 saturated carbocycles. The highest BCUT2D eigenvalue weighted by Crippen LogP contribution is 2.31. The molecule has 21 heavy (non-hydrogen) atoms. The van der Waals surface area contributed by atoms with E-state index < -0.39 is 6.86 Å². The van der Waals surface area contributed by atoms with Crippen LogP contribution in [0.5, 0.6) is 5.75 Å². The fraction of sp³-hybridized carbons (Fsp3) is 0.625. The summed E-state index contributed by atoms with van der Waals surface area (Å²) in [4.78, 5) is 2.22. The predicted molar refractivity (Wildman–Crippen MR) is 84.0 cm³/mol. The van der Waals surface area contributed by atoms with Gasteiger partial charge in [-0.05, 0) is 17.5 Å². The molecule has 4 nitrogen and oxygen atoms in total. The topological polar surface area (TPSA) is 33.7 Å². The molecule has 1 aliphatic heterocycles. The summed E-state index contributed by atoms with van der Waals surface area (Å²) in [6.07, 6.45) is 0. The van der Waals surface area contributed by atoms with Crippen molar-refractivity contribution in [2.24, 2.45) is 5.41 Å². The van der Waals surface area contributed by atoms with Crippen molar-refractivity contribution in [1.82, 2.24) is 0 Å². The molecule has 1 aromatic rings. The monoisotopic (exact) mass is 296 g/mol. The van der Waals surface area contributed by atoms with Crippen LogP contribution in [-0.4, -0.2) is 39.7 Å². The molecule has 0 unspecified atom stereocenters. The Morgan fingerprint density at radius 1 is 1.29 bits per heavy atom. The highest BCUT2D eigenvalue weighted by atomic mass is 19.1. The van der Waals surface area contributed by atoms with Crippen LogP contribution in [0.2, 0.25) is 0 Å². The van der Waals surface area contributed by atoms with Gasteiger partial charge in [0.05, 0.1) is 18.9 Å². The fourth-order valence-electron chi connectivity index (χ4n) is 2.21. The minimum Gasteiger partial charge on any atom is -0.461 e. The molecule has 1 saturated heterocycles. The van der Waals surface area contributed by atoms with Crippen LogP contribution in [0, 0.1) is 5.41 Å². The number of alkyl halides is 1. The quantitative estimate of drug-likeness (QED) is 0.904. The third-order valence-electron chi connectivity index (χ3n) is 3.36. The summed E-state index contributed by atoms with van der Waals surface area (Å²) < 4.78 is 23.1. The second-order valence-electron chi connectivity index (χ2n) is 6.45. The van der Waals surface area contributed by atoms with Crippen LogP contribution in [0.15, 0.2) is 18.2 Å². The number of hydrogen-bond donors (Lipinski definition) is 1. The van der Waals surface area contributed by atoms with Crippen LogP contribution in [0.25, 0.3) is 0 Å². The number of halogens is 1. The van der Waals surface area contributed by atoms with Gasteiger partial charge in [-0.15, -0.1) is 0 Å². The Labute approximate surface area is 126 Å². The van der Waals surface area contributed by atoms with Crippen LogP contribution in [0.1, 0.15) is 20.8 Å². The molecule has 0 amide bonds. The van der Waals surface area contributed by atoms with Gasteiger partial charge in [0.1, 0.15) is 5.75 Å². The fourth-order valence-corrected chi connectivity index (χ4v) is 2.21. The number of nitrogens with one attached hydrogen (secondary N) is 1. The van der Waals surface area contributed by atoms with E-state index in [1.807, 2.05) is 18.2 Å². The zero-order chi connectivity index (χ0) is 15.3. The number of hydrogen-bond acceptors (Lipinski definition) is 4. The number of ether oxygens (including phenoxy) is 2. The lowest BCUT2D eigenvalue weighted by molar-refractivity contribution is 0.122. The van der Waals surface area contributed by atoms with Gasteiger partial charge in [0.2, 0.25) is 6.86 Å². The van der Waals surface area contributed by atoms with Crippen LogP contribution >= 0.6 is 0 Å². The highest BCUT2D eigenvalue weighted by molar-refractivity contribution is 5.64. The number of morpholine rings is 1. The molecule has 1 N–H and O–H groups in total. The van der Waals surface area contributed by atoms with E-state index in [0.29, 0.717) is 5.75 Å². The maximum absolute atomic E-state index is 12.6. The smallest absolute Gasteiger partial charge is 0.228 e. The lowest BCUT2D eigenvalue weighted by Gasteiger charge is -2.29. The molecule has 0 radical (unpaired) electrons. The number of benzene rings is 1. The van der Waals surface area contributed by atoms with E-state index in [1.54, 1.807) is 0 Å². The maximum Gasteiger partial charge on any atom is 0.228 e. The third kappa shape index (κ3) is 4.77. The molecule has 2 rings (SSSR count). The molecule has 118 valence electrons. The van der Waals surface area contributed by atoms with Crippen molar-refractivity contribution in [3.05, 3.63) is 18.2 Å². The Kier molecular flexibility index (Phi) is 5.28. The van der Waals surface area contributed by atoms with Crippen LogP contribution in [0.3, 0.4) is 0 Å². The molecule has 0 aromatic heterocycles. The lowest BCUT2D eigenvalue weighted by Crippen LogP contribution is -2.36. The number of nitrogens with zero attached hydrogens (tertiary/aromatic N) is 1. The molecule has 0 atom stereocenters. The molecule has 5 heteroatoms. The van der Waals surface area contributed by atoms with E-state index in [1.165, 1.54) is 0 Å². The largest absolute Gasteiger partial charge is 0.461 e. The van der Waals surface area contributed by atoms with E-state index in [4.69, 9.17) is 9.47 Å². The summed E-state index contributed by atoms with van der Waals surface area (Å²) in [7, 11) is 0. The number of rotatable bonds is 5. The average molecular weight is 296 g/mol. The Morgan fingerprint density at radius 3 is 2.62 bits per heavy atom. The van der Waals surface area contributed by atoms with Crippen molar-refractivity contribution in [1.29, 1.82) is 0 Å². The summed E-state index contributed by atoms with van der Waals surface area (Å²) >= 11 is 0. The van der Waals surface area contributed by atoms with Gasteiger partial charge in [0, 0.05) is 31.4 Å². The first kappa shape index (κ1) is 15.9. The second-order valence-corrected chi connectivity index (χ2v) is 6.45. The Morgan fingerprint density at radius 2 is 2.00 bits per heavy atom. The molecular formula is C16H25FN2O2. The van der Waals surface area contributed by atoms with Gasteiger partial charge in [0.25, 0.3) is 0 Å². The molecule has 1 aromatic carbocycles. The Hall–Kier alpha value is -1.49. The third-order valence-corrected chi connectivity index (χ3v) is 3.36. The van der Waals surface area contributed by atoms with Crippen molar-refractivity contribution in [3.63, 3.8) is 0 Å².